The minimum absolute atomic E-state index is 0.383. The van der Waals surface area contributed by atoms with Crippen LogP contribution in [0.15, 0.2) is 36.9 Å². The summed E-state index contributed by atoms with van der Waals surface area (Å²) in [6.07, 6.45) is 2.54. The van der Waals surface area contributed by atoms with Crippen molar-refractivity contribution in [2.24, 2.45) is 0 Å². The molecule has 68 valence electrons. The van der Waals surface area contributed by atoms with Crippen molar-refractivity contribution in [3.63, 3.8) is 0 Å². The third kappa shape index (κ3) is 2.70. The maximum Gasteiger partial charge on any atom is 0.349 e. The molecule has 0 fully saturated rings. The van der Waals surface area contributed by atoms with E-state index in [0.717, 1.165) is 12.0 Å². The van der Waals surface area contributed by atoms with Crippen molar-refractivity contribution in [1.82, 2.24) is 0 Å². The summed E-state index contributed by atoms with van der Waals surface area (Å²) < 4.78 is 4.42. The van der Waals surface area contributed by atoms with Crippen LogP contribution in [-0.2, 0) is 10.2 Å². The van der Waals surface area contributed by atoms with Crippen LogP contribution < -0.4 is 0 Å². The molecule has 0 saturated carbocycles. The van der Waals surface area contributed by atoms with Crippen LogP contribution in [0.3, 0.4) is 0 Å². The van der Waals surface area contributed by atoms with Gasteiger partial charge in [0.15, 0.2) is 16.3 Å². The number of benzene rings is 1. The Morgan fingerprint density at radius 1 is 1.62 bits per heavy atom. The van der Waals surface area contributed by atoms with E-state index in [1.807, 2.05) is 12.1 Å². The van der Waals surface area contributed by atoms with Crippen molar-refractivity contribution in [1.29, 1.82) is 0 Å². The van der Waals surface area contributed by atoms with Gasteiger partial charge in [-0.1, -0.05) is 18.2 Å². The van der Waals surface area contributed by atoms with Gasteiger partial charge in [0.2, 0.25) is 0 Å². The highest BCUT2D eigenvalue weighted by Gasteiger charge is 2.05. The SMILES string of the molecule is C=CCc1cccc(C(=O)OBr)c1. The number of allylic oxidation sites excluding steroid dienone is 1. The second kappa shape index (κ2) is 4.82. The molecule has 13 heavy (non-hydrogen) atoms. The van der Waals surface area contributed by atoms with Gasteiger partial charge in [0.05, 0.1) is 5.56 Å². The van der Waals surface area contributed by atoms with E-state index >= 15 is 0 Å². The molecule has 0 saturated heterocycles. The summed E-state index contributed by atoms with van der Waals surface area (Å²) in [7, 11) is 0. The fourth-order valence-electron chi connectivity index (χ4n) is 1.04. The molecular formula is C10H9BrO2. The first-order chi connectivity index (χ1) is 6.27. The van der Waals surface area contributed by atoms with Gasteiger partial charge in [-0.25, -0.2) is 4.79 Å². The lowest BCUT2D eigenvalue weighted by Crippen LogP contribution is -1.98. The topological polar surface area (TPSA) is 26.3 Å². The van der Waals surface area contributed by atoms with Crippen LogP contribution in [0.1, 0.15) is 15.9 Å². The van der Waals surface area contributed by atoms with Crippen LogP contribution in [0.2, 0.25) is 0 Å². The van der Waals surface area contributed by atoms with Crippen LogP contribution in [-0.4, -0.2) is 5.97 Å². The molecule has 1 aromatic carbocycles. The van der Waals surface area contributed by atoms with Gasteiger partial charge in [-0.2, -0.15) is 0 Å². The standard InChI is InChI=1S/C10H9BrO2/c1-2-4-8-5-3-6-9(7-8)10(12)13-11/h2-3,5-7H,1,4H2. The minimum atomic E-state index is -0.383. The van der Waals surface area contributed by atoms with Crippen LogP contribution in [0.4, 0.5) is 0 Å². The smallest absolute Gasteiger partial charge is 0.349 e. The number of rotatable bonds is 3. The Labute approximate surface area is 85.7 Å². The molecule has 0 atom stereocenters. The third-order valence-electron chi connectivity index (χ3n) is 1.61. The van der Waals surface area contributed by atoms with Crippen LogP contribution in [0.5, 0.6) is 0 Å². The summed E-state index contributed by atoms with van der Waals surface area (Å²) >= 11 is 2.65. The van der Waals surface area contributed by atoms with E-state index in [-0.39, 0.29) is 5.97 Å². The summed E-state index contributed by atoms with van der Waals surface area (Å²) in [4.78, 5) is 11.1. The van der Waals surface area contributed by atoms with E-state index in [1.165, 1.54) is 0 Å². The molecule has 0 bridgehead atoms. The zero-order chi connectivity index (χ0) is 9.68. The molecule has 0 spiro atoms. The average molecular weight is 241 g/mol. The lowest BCUT2D eigenvalue weighted by molar-refractivity contribution is 0.0782. The maximum absolute atomic E-state index is 11.1. The predicted molar refractivity (Wildman–Crippen MR) is 54.7 cm³/mol. The van der Waals surface area contributed by atoms with Gasteiger partial charge in [-0.15, -0.1) is 6.58 Å². The van der Waals surface area contributed by atoms with Crippen molar-refractivity contribution in [2.45, 2.75) is 6.42 Å². The normalized spacial score (nSPS) is 9.31. The molecule has 0 radical (unpaired) electrons. The van der Waals surface area contributed by atoms with E-state index < -0.39 is 0 Å². The van der Waals surface area contributed by atoms with Crippen LogP contribution >= 0.6 is 16.3 Å². The van der Waals surface area contributed by atoms with Gasteiger partial charge in [0.1, 0.15) is 0 Å². The summed E-state index contributed by atoms with van der Waals surface area (Å²) in [6.45, 7) is 3.63. The first-order valence-electron chi connectivity index (χ1n) is 3.80. The Morgan fingerprint density at radius 2 is 2.38 bits per heavy atom. The first-order valence-corrected chi connectivity index (χ1v) is 4.45. The van der Waals surface area contributed by atoms with Crippen molar-refractivity contribution in [3.05, 3.63) is 48.0 Å². The highest BCUT2D eigenvalue weighted by atomic mass is 79.9. The van der Waals surface area contributed by atoms with E-state index in [9.17, 15) is 4.79 Å². The second-order valence-electron chi connectivity index (χ2n) is 2.56. The van der Waals surface area contributed by atoms with E-state index in [0.29, 0.717) is 5.56 Å². The number of carbonyl (C=O) groups excluding carboxylic acids is 1. The molecule has 0 unspecified atom stereocenters. The van der Waals surface area contributed by atoms with Gasteiger partial charge in [0, 0.05) is 0 Å². The molecule has 0 heterocycles. The molecule has 0 aliphatic carbocycles. The molecule has 0 N–H and O–H groups in total. The Balaban J connectivity index is 2.90. The molecule has 3 heteroatoms. The zero-order valence-electron chi connectivity index (χ0n) is 7.00. The van der Waals surface area contributed by atoms with Crippen molar-refractivity contribution >= 4 is 22.2 Å². The fraction of sp³-hybridized carbons (Fsp3) is 0.100. The average Bonchev–Trinajstić information content (AvgIpc) is 2.18. The molecule has 1 aromatic rings. The van der Waals surface area contributed by atoms with Crippen molar-refractivity contribution in [2.75, 3.05) is 0 Å². The van der Waals surface area contributed by atoms with Crippen LogP contribution in [0.25, 0.3) is 0 Å². The Hall–Kier alpha value is -1.09. The summed E-state index contributed by atoms with van der Waals surface area (Å²) in [5.74, 6) is -0.383. The van der Waals surface area contributed by atoms with Gasteiger partial charge in [0.25, 0.3) is 0 Å². The lowest BCUT2D eigenvalue weighted by atomic mass is 10.1. The maximum atomic E-state index is 11.1. The molecule has 2 nitrogen and oxygen atoms in total. The summed E-state index contributed by atoms with van der Waals surface area (Å²) in [5, 5.41) is 0. The quantitative estimate of drug-likeness (QED) is 0.760. The highest BCUT2D eigenvalue weighted by Crippen LogP contribution is 2.08. The molecular weight excluding hydrogens is 232 g/mol. The Bertz CT molecular complexity index is 320. The van der Waals surface area contributed by atoms with Crippen molar-refractivity contribution < 1.29 is 8.62 Å². The number of hydrogen-bond acceptors (Lipinski definition) is 2. The van der Waals surface area contributed by atoms with Gasteiger partial charge in [-0.3, -0.25) is 0 Å². The molecule has 0 amide bonds. The first kappa shape index (κ1) is 9.99. The Kier molecular flexibility index (Phi) is 3.71. The summed E-state index contributed by atoms with van der Waals surface area (Å²) in [6, 6.07) is 7.24. The lowest BCUT2D eigenvalue weighted by Gasteiger charge is -1.99. The molecule has 0 aliphatic rings. The highest BCUT2D eigenvalue weighted by molar-refractivity contribution is 9.06. The molecule has 0 aliphatic heterocycles. The zero-order valence-corrected chi connectivity index (χ0v) is 8.58. The monoisotopic (exact) mass is 240 g/mol. The van der Waals surface area contributed by atoms with Gasteiger partial charge < -0.3 is 3.83 Å². The summed E-state index contributed by atoms with van der Waals surface area (Å²) in [5.41, 5.74) is 1.58. The predicted octanol–water partition coefficient (Wildman–Crippen LogP) is 2.88. The van der Waals surface area contributed by atoms with E-state index in [4.69, 9.17) is 0 Å². The third-order valence-corrected chi connectivity index (χ3v) is 1.91. The second-order valence-corrected chi connectivity index (χ2v) is 2.88. The molecule has 1 rings (SSSR count). The fourth-order valence-corrected chi connectivity index (χ4v) is 1.22. The van der Waals surface area contributed by atoms with E-state index in [1.54, 1.807) is 18.2 Å². The molecule has 0 aromatic heterocycles. The van der Waals surface area contributed by atoms with Crippen molar-refractivity contribution in [3.8, 4) is 0 Å². The minimum Gasteiger partial charge on any atom is -0.380 e. The number of hydrogen-bond donors (Lipinski definition) is 0. The van der Waals surface area contributed by atoms with Gasteiger partial charge in [-0.05, 0) is 24.1 Å². The Morgan fingerprint density at radius 3 is 3.00 bits per heavy atom. The number of halogens is 1. The van der Waals surface area contributed by atoms with Gasteiger partial charge >= 0.3 is 5.97 Å². The number of carbonyl (C=O) groups is 1. The largest absolute Gasteiger partial charge is 0.380 e. The van der Waals surface area contributed by atoms with E-state index in [2.05, 4.69) is 26.7 Å². The van der Waals surface area contributed by atoms with Crippen LogP contribution in [0, 0.1) is 0 Å².